The first-order valence-corrected chi connectivity index (χ1v) is 10.9. The Morgan fingerprint density at radius 1 is 1.21 bits per heavy atom. The highest BCUT2D eigenvalue weighted by molar-refractivity contribution is 7.22. The van der Waals surface area contributed by atoms with E-state index >= 15 is 0 Å². The van der Waals surface area contributed by atoms with E-state index in [9.17, 15) is 9.59 Å². The van der Waals surface area contributed by atoms with E-state index in [-0.39, 0.29) is 23.9 Å². The number of hydrogen-bond donors (Lipinski definition) is 1. The molecule has 0 spiro atoms. The van der Waals surface area contributed by atoms with Gasteiger partial charge in [-0.1, -0.05) is 5.16 Å². The zero-order valence-corrected chi connectivity index (χ0v) is 18.5. The summed E-state index contributed by atoms with van der Waals surface area (Å²) in [6, 6.07) is 12.0. The molecule has 0 unspecified atom stereocenters. The van der Waals surface area contributed by atoms with Gasteiger partial charge in [0.2, 0.25) is 11.7 Å². The van der Waals surface area contributed by atoms with Crippen LogP contribution < -0.4 is 10.9 Å². The molecule has 0 aliphatic heterocycles. The van der Waals surface area contributed by atoms with Gasteiger partial charge in [0.05, 0.1) is 28.2 Å². The van der Waals surface area contributed by atoms with Crippen molar-refractivity contribution in [3.8, 4) is 28.2 Å². The topological polar surface area (TPSA) is 140 Å². The fourth-order valence-corrected chi connectivity index (χ4v) is 4.45. The summed E-state index contributed by atoms with van der Waals surface area (Å²) in [7, 11) is 0. The standard InChI is InChI=1S/C23H15N7O3S/c1-13-18-22(34-19(13)21-28-20(29-33-21)15-6-8-25-9-7-15)26-12-30(23(18)32)11-17(31)27-16-4-2-14(10-24)3-5-16/h2-9,12H,11H2,1H3,(H,27,31). The van der Waals surface area contributed by atoms with E-state index in [0.29, 0.717) is 37.7 Å². The van der Waals surface area contributed by atoms with Gasteiger partial charge in [0.25, 0.3) is 11.4 Å². The van der Waals surface area contributed by atoms with Gasteiger partial charge in [0.15, 0.2) is 0 Å². The number of nitrogens with zero attached hydrogens (tertiary/aromatic N) is 6. The van der Waals surface area contributed by atoms with Gasteiger partial charge in [0.1, 0.15) is 11.4 Å². The van der Waals surface area contributed by atoms with E-state index in [1.807, 2.05) is 6.07 Å². The van der Waals surface area contributed by atoms with Crippen LogP contribution in [0.4, 0.5) is 5.69 Å². The Kier molecular flexibility index (Phi) is 5.41. The largest absolute Gasteiger partial charge is 0.333 e. The summed E-state index contributed by atoms with van der Waals surface area (Å²) in [5, 5.41) is 16.0. The maximum absolute atomic E-state index is 13.1. The van der Waals surface area contributed by atoms with Gasteiger partial charge < -0.3 is 9.84 Å². The molecule has 34 heavy (non-hydrogen) atoms. The molecule has 0 aliphatic carbocycles. The van der Waals surface area contributed by atoms with Crippen molar-refractivity contribution in [1.82, 2.24) is 24.7 Å². The normalized spacial score (nSPS) is 10.8. The van der Waals surface area contributed by atoms with Crippen LogP contribution in [-0.2, 0) is 11.3 Å². The van der Waals surface area contributed by atoms with Crippen molar-refractivity contribution in [2.45, 2.75) is 13.5 Å². The van der Waals surface area contributed by atoms with Gasteiger partial charge in [-0.3, -0.25) is 19.1 Å². The molecule has 0 saturated heterocycles. The molecule has 4 aromatic heterocycles. The lowest BCUT2D eigenvalue weighted by Gasteiger charge is -2.07. The van der Waals surface area contributed by atoms with Gasteiger partial charge in [-0.15, -0.1) is 11.3 Å². The second-order valence-corrected chi connectivity index (χ2v) is 8.31. The van der Waals surface area contributed by atoms with Crippen LogP contribution in [0.5, 0.6) is 0 Å². The van der Waals surface area contributed by atoms with Crippen LogP contribution in [0.1, 0.15) is 11.1 Å². The predicted octanol–water partition coefficient (Wildman–Crippen LogP) is 3.39. The summed E-state index contributed by atoms with van der Waals surface area (Å²) in [5.41, 5.74) is 2.10. The van der Waals surface area contributed by atoms with Crippen LogP contribution in [0, 0.1) is 18.3 Å². The number of nitriles is 1. The number of aromatic nitrogens is 5. The molecular formula is C23H15N7O3S. The van der Waals surface area contributed by atoms with Crippen LogP contribution in [0.3, 0.4) is 0 Å². The molecule has 5 aromatic rings. The first-order chi connectivity index (χ1) is 16.5. The fourth-order valence-electron chi connectivity index (χ4n) is 3.39. The number of nitrogens with one attached hydrogen (secondary N) is 1. The lowest BCUT2D eigenvalue weighted by molar-refractivity contribution is -0.116. The fraction of sp³-hybridized carbons (Fsp3) is 0.0870. The van der Waals surface area contributed by atoms with Crippen LogP contribution in [0.25, 0.3) is 32.4 Å². The predicted molar refractivity (Wildman–Crippen MR) is 125 cm³/mol. The first kappa shape index (κ1) is 21.2. The van der Waals surface area contributed by atoms with Crippen molar-refractivity contribution in [3.05, 3.63) is 76.6 Å². The number of anilines is 1. The summed E-state index contributed by atoms with van der Waals surface area (Å²) < 4.78 is 6.69. The minimum Gasteiger partial charge on any atom is -0.333 e. The van der Waals surface area contributed by atoms with E-state index in [0.717, 1.165) is 5.56 Å². The summed E-state index contributed by atoms with van der Waals surface area (Å²) >= 11 is 1.27. The summed E-state index contributed by atoms with van der Waals surface area (Å²) in [6.45, 7) is 1.58. The molecule has 11 heteroatoms. The Hall–Kier alpha value is -4.69. The van der Waals surface area contributed by atoms with Crippen LogP contribution in [0.2, 0.25) is 0 Å². The molecular weight excluding hydrogens is 454 g/mol. The maximum atomic E-state index is 13.1. The maximum Gasteiger partial charge on any atom is 0.268 e. The van der Waals surface area contributed by atoms with Crippen molar-refractivity contribution in [2.24, 2.45) is 0 Å². The molecule has 1 aromatic carbocycles. The SMILES string of the molecule is Cc1c(-c2nc(-c3ccncc3)no2)sc2ncn(CC(=O)Nc3ccc(C#N)cc3)c(=O)c12. The Labute approximate surface area is 196 Å². The second-order valence-electron chi connectivity index (χ2n) is 7.31. The van der Waals surface area contributed by atoms with Crippen LogP contribution >= 0.6 is 11.3 Å². The van der Waals surface area contributed by atoms with Crippen molar-refractivity contribution >= 4 is 33.1 Å². The smallest absolute Gasteiger partial charge is 0.268 e. The van der Waals surface area contributed by atoms with Gasteiger partial charge in [-0.05, 0) is 48.9 Å². The van der Waals surface area contributed by atoms with Crippen molar-refractivity contribution in [3.63, 3.8) is 0 Å². The number of thiophene rings is 1. The molecule has 5 rings (SSSR count). The molecule has 0 radical (unpaired) electrons. The van der Waals surface area contributed by atoms with E-state index in [1.54, 1.807) is 55.7 Å². The number of rotatable bonds is 5. The van der Waals surface area contributed by atoms with Crippen molar-refractivity contribution in [1.29, 1.82) is 5.26 Å². The monoisotopic (exact) mass is 469 g/mol. The van der Waals surface area contributed by atoms with Crippen molar-refractivity contribution < 1.29 is 9.32 Å². The van der Waals surface area contributed by atoms with Crippen molar-refractivity contribution in [2.75, 3.05) is 5.32 Å². The van der Waals surface area contributed by atoms with Gasteiger partial charge >= 0.3 is 0 Å². The molecule has 0 atom stereocenters. The lowest BCUT2D eigenvalue weighted by Crippen LogP contribution is -2.27. The Morgan fingerprint density at radius 2 is 1.97 bits per heavy atom. The second kappa shape index (κ2) is 8.68. The Balaban J connectivity index is 1.42. The average Bonchev–Trinajstić information content (AvgIpc) is 3.47. The molecule has 1 N–H and O–H groups in total. The number of amides is 1. The van der Waals surface area contributed by atoms with Gasteiger partial charge in [-0.25, -0.2) is 4.98 Å². The minimum atomic E-state index is -0.389. The third-order valence-electron chi connectivity index (χ3n) is 5.09. The van der Waals surface area contributed by atoms with E-state index in [2.05, 4.69) is 25.4 Å². The average molecular weight is 469 g/mol. The highest BCUT2D eigenvalue weighted by Crippen LogP contribution is 2.35. The number of fused-ring (bicyclic) bond motifs is 1. The molecule has 0 aliphatic rings. The zero-order chi connectivity index (χ0) is 23.7. The zero-order valence-electron chi connectivity index (χ0n) is 17.7. The molecule has 0 fully saturated rings. The molecule has 4 heterocycles. The van der Waals surface area contributed by atoms with Gasteiger partial charge in [0, 0.05) is 23.6 Å². The number of aryl methyl sites for hydroxylation is 1. The van der Waals surface area contributed by atoms with Crippen LogP contribution in [0.15, 0.2) is 64.4 Å². The lowest BCUT2D eigenvalue weighted by atomic mass is 10.2. The van der Waals surface area contributed by atoms with E-state index in [1.165, 1.54) is 22.2 Å². The van der Waals surface area contributed by atoms with Gasteiger partial charge in [-0.2, -0.15) is 10.2 Å². The minimum absolute atomic E-state index is 0.209. The highest BCUT2D eigenvalue weighted by atomic mass is 32.1. The van der Waals surface area contributed by atoms with E-state index in [4.69, 9.17) is 9.78 Å². The van der Waals surface area contributed by atoms with E-state index < -0.39 is 0 Å². The number of carbonyl (C=O) groups is 1. The number of benzene rings is 1. The highest BCUT2D eigenvalue weighted by Gasteiger charge is 2.21. The third-order valence-corrected chi connectivity index (χ3v) is 6.28. The summed E-state index contributed by atoms with van der Waals surface area (Å²) in [4.78, 5) is 39.6. The summed E-state index contributed by atoms with van der Waals surface area (Å²) in [5.74, 6) is 0.316. The number of carbonyl (C=O) groups excluding carboxylic acids is 1. The number of hydrogen-bond acceptors (Lipinski definition) is 9. The number of pyridine rings is 1. The molecule has 0 bridgehead atoms. The Bertz CT molecular complexity index is 1610. The molecule has 166 valence electrons. The quantitative estimate of drug-likeness (QED) is 0.413. The Morgan fingerprint density at radius 3 is 2.71 bits per heavy atom. The third kappa shape index (κ3) is 3.94. The first-order valence-electron chi connectivity index (χ1n) is 10.1. The molecule has 10 nitrogen and oxygen atoms in total. The molecule has 1 amide bonds. The summed E-state index contributed by atoms with van der Waals surface area (Å²) in [6.07, 6.45) is 4.62. The van der Waals surface area contributed by atoms with Crippen LogP contribution in [-0.4, -0.2) is 30.6 Å². The molecule has 0 saturated carbocycles.